The van der Waals surface area contributed by atoms with Crippen molar-refractivity contribution in [3.8, 4) is 0 Å². The molecule has 0 spiro atoms. The summed E-state index contributed by atoms with van der Waals surface area (Å²) >= 11 is 0. The molecule has 0 radical (unpaired) electrons. The third kappa shape index (κ3) is 3.26. The topological polar surface area (TPSA) is 49.3 Å². The van der Waals surface area contributed by atoms with Gasteiger partial charge in [0, 0.05) is 17.5 Å². The molecule has 0 aromatic heterocycles. The summed E-state index contributed by atoms with van der Waals surface area (Å²) in [6, 6.07) is 4.29. The predicted octanol–water partition coefficient (Wildman–Crippen LogP) is 2.21. The molecule has 2 rings (SSSR count). The maximum absolute atomic E-state index is 12.5. The van der Waals surface area contributed by atoms with Crippen LogP contribution in [0.4, 0.5) is 13.2 Å². The average molecular weight is 273 g/mol. The third-order valence-electron chi connectivity index (χ3n) is 3.37. The lowest BCUT2D eigenvalue weighted by Gasteiger charge is -2.13. The smallest absolute Gasteiger partial charge is 0.396 e. The number of halogens is 3. The monoisotopic (exact) mass is 273 g/mol. The number of alkyl halides is 3. The van der Waals surface area contributed by atoms with Gasteiger partial charge in [-0.1, -0.05) is 6.07 Å². The zero-order valence-corrected chi connectivity index (χ0v) is 10.1. The Hall–Kier alpha value is -1.56. The second-order valence-corrected chi connectivity index (χ2v) is 4.92. The molecule has 0 aliphatic heterocycles. The van der Waals surface area contributed by atoms with Gasteiger partial charge in [0.15, 0.2) is 0 Å². The van der Waals surface area contributed by atoms with Crippen LogP contribution in [0.5, 0.6) is 0 Å². The van der Waals surface area contributed by atoms with Crippen LogP contribution >= 0.6 is 0 Å². The first-order valence-electron chi connectivity index (χ1n) is 5.93. The van der Waals surface area contributed by atoms with Crippen molar-refractivity contribution in [2.75, 3.05) is 13.2 Å². The van der Waals surface area contributed by atoms with E-state index in [9.17, 15) is 18.0 Å². The van der Waals surface area contributed by atoms with Crippen molar-refractivity contribution in [2.24, 2.45) is 5.41 Å². The number of amides is 1. The van der Waals surface area contributed by atoms with E-state index in [1.54, 1.807) is 0 Å². The lowest BCUT2D eigenvalue weighted by molar-refractivity contribution is -0.137. The van der Waals surface area contributed by atoms with Crippen LogP contribution < -0.4 is 5.32 Å². The number of benzene rings is 1. The number of rotatable bonds is 4. The largest absolute Gasteiger partial charge is 0.416 e. The quantitative estimate of drug-likeness (QED) is 0.883. The van der Waals surface area contributed by atoms with Gasteiger partial charge in [-0.15, -0.1) is 0 Å². The average Bonchev–Trinajstić information content (AvgIpc) is 3.16. The fourth-order valence-electron chi connectivity index (χ4n) is 1.77. The summed E-state index contributed by atoms with van der Waals surface area (Å²) in [5.41, 5.74) is -1.14. The third-order valence-corrected chi connectivity index (χ3v) is 3.37. The summed E-state index contributed by atoms with van der Waals surface area (Å²) < 4.78 is 37.5. The highest BCUT2D eigenvalue weighted by Gasteiger charge is 2.42. The Morgan fingerprint density at radius 1 is 1.37 bits per heavy atom. The number of carbonyl (C=O) groups excluding carboxylic acids is 1. The van der Waals surface area contributed by atoms with Crippen molar-refractivity contribution in [1.82, 2.24) is 5.32 Å². The second kappa shape index (κ2) is 4.85. The zero-order valence-electron chi connectivity index (χ0n) is 10.1. The van der Waals surface area contributed by atoms with E-state index in [0.717, 1.165) is 25.0 Å². The number of carbonyl (C=O) groups is 1. The van der Waals surface area contributed by atoms with Crippen LogP contribution in [-0.2, 0) is 6.18 Å². The van der Waals surface area contributed by atoms with Gasteiger partial charge in [0.05, 0.1) is 12.2 Å². The molecule has 0 bridgehead atoms. The normalized spacial score (nSPS) is 17.1. The molecule has 0 unspecified atom stereocenters. The minimum Gasteiger partial charge on any atom is -0.396 e. The molecule has 6 heteroatoms. The molecule has 104 valence electrons. The highest BCUT2D eigenvalue weighted by atomic mass is 19.4. The van der Waals surface area contributed by atoms with E-state index >= 15 is 0 Å². The molecule has 1 aromatic carbocycles. The molecule has 0 heterocycles. The molecule has 1 aliphatic carbocycles. The molecule has 3 nitrogen and oxygen atoms in total. The fourth-order valence-corrected chi connectivity index (χ4v) is 1.77. The Labute approximate surface area is 108 Å². The molecular formula is C13H14F3NO2. The van der Waals surface area contributed by atoms with Crippen LogP contribution in [0.15, 0.2) is 24.3 Å². The Kier molecular flexibility index (Phi) is 3.54. The van der Waals surface area contributed by atoms with Crippen molar-refractivity contribution in [3.63, 3.8) is 0 Å². The zero-order chi connectivity index (χ0) is 14.1. The Morgan fingerprint density at radius 2 is 2.05 bits per heavy atom. The highest BCUT2D eigenvalue weighted by Crippen LogP contribution is 2.44. The van der Waals surface area contributed by atoms with Crippen LogP contribution in [0.1, 0.15) is 28.8 Å². The van der Waals surface area contributed by atoms with Crippen LogP contribution in [0.2, 0.25) is 0 Å². The van der Waals surface area contributed by atoms with Gasteiger partial charge in [0.2, 0.25) is 0 Å². The number of nitrogens with one attached hydrogen (secondary N) is 1. The minimum absolute atomic E-state index is 0.0180. The van der Waals surface area contributed by atoms with E-state index < -0.39 is 17.6 Å². The summed E-state index contributed by atoms with van der Waals surface area (Å²) in [6.07, 6.45) is -2.81. The van der Waals surface area contributed by atoms with Gasteiger partial charge in [-0.3, -0.25) is 4.79 Å². The molecule has 1 aliphatic rings. The number of aliphatic hydroxyl groups is 1. The first kappa shape index (κ1) is 13.9. The maximum atomic E-state index is 12.5. The Balaban J connectivity index is 2.03. The summed E-state index contributed by atoms with van der Waals surface area (Å²) in [5.74, 6) is -0.550. The standard InChI is InChI=1S/C13H14F3NO2/c14-13(15,16)10-3-1-2-9(6-10)11(19)17-7-12(8-18)4-5-12/h1-3,6,18H,4-5,7-8H2,(H,17,19). The SMILES string of the molecule is O=C(NCC1(CO)CC1)c1cccc(C(F)(F)F)c1. The van der Waals surface area contributed by atoms with Crippen LogP contribution in [0, 0.1) is 5.41 Å². The van der Waals surface area contributed by atoms with Crippen molar-refractivity contribution in [1.29, 1.82) is 0 Å². The van der Waals surface area contributed by atoms with Crippen LogP contribution in [0.3, 0.4) is 0 Å². The van der Waals surface area contributed by atoms with Crippen molar-refractivity contribution in [2.45, 2.75) is 19.0 Å². The number of hydrogen-bond acceptors (Lipinski definition) is 2. The first-order chi connectivity index (χ1) is 8.86. The molecular weight excluding hydrogens is 259 g/mol. The van der Waals surface area contributed by atoms with E-state index in [4.69, 9.17) is 5.11 Å². The van der Waals surface area contributed by atoms with E-state index in [1.807, 2.05) is 0 Å². The van der Waals surface area contributed by atoms with Gasteiger partial charge in [-0.05, 0) is 31.0 Å². The predicted molar refractivity (Wildman–Crippen MR) is 62.5 cm³/mol. The highest BCUT2D eigenvalue weighted by molar-refractivity contribution is 5.94. The van der Waals surface area contributed by atoms with Gasteiger partial charge < -0.3 is 10.4 Å². The van der Waals surface area contributed by atoms with Gasteiger partial charge in [-0.25, -0.2) is 0 Å². The van der Waals surface area contributed by atoms with Crippen LogP contribution in [-0.4, -0.2) is 24.2 Å². The van der Waals surface area contributed by atoms with Crippen molar-refractivity contribution < 1.29 is 23.1 Å². The summed E-state index contributed by atoms with van der Waals surface area (Å²) in [7, 11) is 0. The molecule has 1 fully saturated rings. The Bertz CT molecular complexity index is 481. The Morgan fingerprint density at radius 3 is 2.58 bits per heavy atom. The molecule has 0 atom stereocenters. The molecule has 19 heavy (non-hydrogen) atoms. The number of hydrogen-bond donors (Lipinski definition) is 2. The van der Waals surface area contributed by atoms with E-state index in [2.05, 4.69) is 5.32 Å². The summed E-state index contributed by atoms with van der Waals surface area (Å²) in [5, 5.41) is 11.7. The number of aliphatic hydroxyl groups excluding tert-OH is 1. The molecule has 1 aromatic rings. The minimum atomic E-state index is -4.46. The van der Waals surface area contributed by atoms with E-state index in [0.29, 0.717) is 6.54 Å². The lowest BCUT2D eigenvalue weighted by atomic mass is 10.1. The molecule has 0 saturated heterocycles. The maximum Gasteiger partial charge on any atom is 0.416 e. The lowest BCUT2D eigenvalue weighted by Crippen LogP contribution is -2.32. The van der Waals surface area contributed by atoms with Crippen LogP contribution in [0.25, 0.3) is 0 Å². The van der Waals surface area contributed by atoms with Crippen molar-refractivity contribution in [3.05, 3.63) is 35.4 Å². The molecule has 1 amide bonds. The molecule has 1 saturated carbocycles. The summed E-state index contributed by atoms with van der Waals surface area (Å²) in [4.78, 5) is 11.8. The van der Waals surface area contributed by atoms with Gasteiger partial charge in [-0.2, -0.15) is 13.2 Å². The van der Waals surface area contributed by atoms with E-state index in [1.165, 1.54) is 12.1 Å². The van der Waals surface area contributed by atoms with Gasteiger partial charge in [0.25, 0.3) is 5.91 Å². The van der Waals surface area contributed by atoms with Gasteiger partial charge >= 0.3 is 6.18 Å². The van der Waals surface area contributed by atoms with Gasteiger partial charge in [0.1, 0.15) is 0 Å². The fraction of sp³-hybridized carbons (Fsp3) is 0.462. The van der Waals surface area contributed by atoms with Crippen molar-refractivity contribution >= 4 is 5.91 Å². The second-order valence-electron chi connectivity index (χ2n) is 4.92. The first-order valence-corrected chi connectivity index (χ1v) is 5.93. The summed E-state index contributed by atoms with van der Waals surface area (Å²) in [6.45, 7) is 0.272. The van der Waals surface area contributed by atoms with E-state index in [-0.39, 0.29) is 17.6 Å². The molecule has 2 N–H and O–H groups in total.